The molecule has 0 aliphatic carbocycles. The highest BCUT2D eigenvalue weighted by Crippen LogP contribution is 2.37. The van der Waals surface area contributed by atoms with E-state index >= 15 is 0 Å². The summed E-state index contributed by atoms with van der Waals surface area (Å²) in [4.78, 5) is 0. The highest BCUT2D eigenvalue weighted by atomic mass is 16.7. The summed E-state index contributed by atoms with van der Waals surface area (Å²) in [5.74, 6) is 0.455. The number of hydrogen-bond acceptors (Lipinski definition) is 4. The summed E-state index contributed by atoms with van der Waals surface area (Å²) in [6.07, 6.45) is 1.71. The Balaban J connectivity index is 2.35. The van der Waals surface area contributed by atoms with Crippen LogP contribution in [0.25, 0.3) is 0 Å². The Morgan fingerprint density at radius 1 is 1.24 bits per heavy atom. The number of hydrogen-bond donors (Lipinski definition) is 2. The molecule has 1 aromatic heterocycles. The van der Waals surface area contributed by atoms with Crippen molar-refractivity contribution in [2.75, 3.05) is 5.73 Å². The van der Waals surface area contributed by atoms with Gasteiger partial charge in [0.2, 0.25) is 0 Å². The van der Waals surface area contributed by atoms with Gasteiger partial charge in [-0.1, -0.05) is 0 Å². The van der Waals surface area contributed by atoms with E-state index in [0.29, 0.717) is 11.2 Å². The van der Waals surface area contributed by atoms with Gasteiger partial charge < -0.3 is 24.9 Å². The van der Waals surface area contributed by atoms with Crippen molar-refractivity contribution in [2.24, 2.45) is 0 Å². The van der Waals surface area contributed by atoms with Crippen LogP contribution in [0.4, 0.5) is 5.82 Å². The minimum absolute atomic E-state index is 0.371. The van der Waals surface area contributed by atoms with E-state index in [1.807, 2.05) is 27.7 Å². The van der Waals surface area contributed by atoms with Crippen LogP contribution in [-0.4, -0.2) is 22.9 Å². The van der Waals surface area contributed by atoms with Crippen LogP contribution >= 0.6 is 0 Å². The van der Waals surface area contributed by atoms with Crippen LogP contribution in [0.5, 0.6) is 0 Å². The van der Waals surface area contributed by atoms with Crippen LogP contribution < -0.4 is 11.1 Å². The molecular weight excluding hydrogens is 217 g/mol. The van der Waals surface area contributed by atoms with Gasteiger partial charge in [-0.05, 0) is 40.0 Å². The fourth-order valence-electron chi connectivity index (χ4n) is 1.65. The smallest absolute Gasteiger partial charge is 0.386 e. The fraction of sp³-hybridized carbons (Fsp3) is 0.545. The quantitative estimate of drug-likeness (QED) is 0.713. The Hall–Kier alpha value is -1.27. The molecule has 1 aliphatic heterocycles. The van der Waals surface area contributed by atoms with E-state index in [1.165, 1.54) is 0 Å². The molecule has 5 nitrogen and oxygen atoms in total. The van der Waals surface area contributed by atoms with Crippen molar-refractivity contribution in [3.63, 3.8) is 0 Å². The van der Waals surface area contributed by atoms with Gasteiger partial charge >= 0.3 is 7.25 Å². The molecule has 17 heavy (non-hydrogen) atoms. The van der Waals surface area contributed by atoms with Crippen molar-refractivity contribution in [1.29, 1.82) is 5.41 Å². The number of nitrogens with one attached hydrogen (secondary N) is 1. The zero-order valence-corrected chi connectivity index (χ0v) is 10.7. The number of rotatable bonds is 1. The second-order valence-corrected chi connectivity index (χ2v) is 5.31. The Morgan fingerprint density at radius 3 is 2.24 bits per heavy atom. The average molecular weight is 235 g/mol. The number of anilines is 1. The summed E-state index contributed by atoms with van der Waals surface area (Å²) in [5.41, 5.74) is 5.08. The van der Waals surface area contributed by atoms with Gasteiger partial charge in [0.05, 0.1) is 22.4 Å². The molecule has 0 saturated carbocycles. The molecule has 2 heterocycles. The highest BCUT2D eigenvalue weighted by molar-refractivity contribution is 6.44. The first-order chi connectivity index (χ1) is 7.73. The Kier molecular flexibility index (Phi) is 2.59. The number of pyridine rings is 1. The maximum atomic E-state index is 7.48. The van der Waals surface area contributed by atoms with Gasteiger partial charge in [-0.15, -0.1) is 0 Å². The number of nitrogens with zero attached hydrogens (tertiary/aromatic N) is 1. The first-order valence-electron chi connectivity index (χ1n) is 5.61. The van der Waals surface area contributed by atoms with Gasteiger partial charge in [0.1, 0.15) is 0 Å². The van der Waals surface area contributed by atoms with E-state index in [-0.39, 0.29) is 0 Å². The standard InChI is InChI=1S/C11H18BN3O2/c1-10(2)11(3,4)17-12(16-10)15-6-5-8(13)7-9(15)14/h5-7,13H,14H2,1-4H3. The molecule has 1 aromatic rings. The van der Waals surface area contributed by atoms with Gasteiger partial charge in [-0.2, -0.15) is 0 Å². The van der Waals surface area contributed by atoms with Crippen molar-refractivity contribution in [3.05, 3.63) is 23.7 Å². The van der Waals surface area contributed by atoms with Crippen LogP contribution in [-0.2, 0) is 9.31 Å². The fourth-order valence-corrected chi connectivity index (χ4v) is 1.65. The molecular formula is C11H18BN3O2. The highest BCUT2D eigenvalue weighted by Gasteiger charge is 2.52. The second kappa shape index (κ2) is 3.61. The molecule has 1 saturated heterocycles. The lowest BCUT2D eigenvalue weighted by molar-refractivity contribution is 0.00578. The van der Waals surface area contributed by atoms with E-state index in [0.717, 1.165) is 0 Å². The van der Waals surface area contributed by atoms with Crippen LogP contribution in [0, 0.1) is 5.41 Å². The van der Waals surface area contributed by atoms with Gasteiger partial charge in [0.15, 0.2) is 0 Å². The van der Waals surface area contributed by atoms with Gasteiger partial charge in [-0.3, -0.25) is 0 Å². The maximum absolute atomic E-state index is 7.48. The molecule has 3 N–H and O–H groups in total. The SMILES string of the molecule is CC1(C)OB(n2ccc(=N)cc2N)OC1(C)C. The summed E-state index contributed by atoms with van der Waals surface area (Å²) in [5, 5.41) is 7.85. The lowest BCUT2D eigenvalue weighted by Crippen LogP contribution is -2.41. The summed E-state index contributed by atoms with van der Waals surface area (Å²) < 4.78 is 13.4. The third kappa shape index (κ3) is 1.98. The lowest BCUT2D eigenvalue weighted by Gasteiger charge is -2.32. The first-order valence-corrected chi connectivity index (χ1v) is 5.61. The van der Waals surface area contributed by atoms with Crippen molar-refractivity contribution in [3.8, 4) is 0 Å². The Labute approximate surface area is 101 Å². The molecule has 0 spiro atoms. The largest absolute Gasteiger partial charge is 0.599 e. The van der Waals surface area contributed by atoms with Gasteiger partial charge in [-0.25, -0.2) is 0 Å². The minimum Gasteiger partial charge on any atom is -0.386 e. The Morgan fingerprint density at radius 2 is 1.76 bits per heavy atom. The van der Waals surface area contributed by atoms with Gasteiger partial charge in [0.25, 0.3) is 0 Å². The van der Waals surface area contributed by atoms with Crippen LogP contribution in [0.2, 0.25) is 0 Å². The zero-order valence-electron chi connectivity index (χ0n) is 10.7. The van der Waals surface area contributed by atoms with Crippen molar-refractivity contribution >= 4 is 13.1 Å². The van der Waals surface area contributed by atoms with Gasteiger partial charge in [0, 0.05) is 6.07 Å². The third-order valence-corrected chi connectivity index (χ3v) is 3.48. The van der Waals surface area contributed by atoms with Crippen molar-refractivity contribution < 1.29 is 9.31 Å². The van der Waals surface area contributed by atoms with E-state index in [2.05, 4.69) is 0 Å². The van der Waals surface area contributed by atoms with E-state index in [9.17, 15) is 0 Å². The molecule has 1 fully saturated rings. The molecule has 0 bridgehead atoms. The van der Waals surface area contributed by atoms with E-state index in [1.54, 1.807) is 22.8 Å². The molecule has 0 radical (unpaired) electrons. The molecule has 2 rings (SSSR count). The number of nitrogen functional groups attached to an aromatic ring is 1. The normalized spacial score (nSPS) is 21.8. The van der Waals surface area contributed by atoms with E-state index in [4.69, 9.17) is 20.5 Å². The zero-order chi connectivity index (χ0) is 12.8. The van der Waals surface area contributed by atoms with Crippen LogP contribution in [0.15, 0.2) is 18.3 Å². The summed E-state index contributed by atoms with van der Waals surface area (Å²) in [6, 6.07) is 3.23. The Bertz CT molecular complexity index is 480. The average Bonchev–Trinajstić information content (AvgIpc) is 2.35. The summed E-state index contributed by atoms with van der Waals surface area (Å²) in [6.45, 7) is 7.95. The number of aromatic nitrogens is 1. The molecule has 92 valence electrons. The second-order valence-electron chi connectivity index (χ2n) is 5.31. The predicted octanol–water partition coefficient (Wildman–Crippen LogP) is 0.987. The lowest BCUT2D eigenvalue weighted by atomic mass is 9.90. The molecule has 0 amide bonds. The third-order valence-electron chi connectivity index (χ3n) is 3.48. The first kappa shape index (κ1) is 12.2. The van der Waals surface area contributed by atoms with Crippen LogP contribution in [0.3, 0.4) is 0 Å². The van der Waals surface area contributed by atoms with Crippen molar-refractivity contribution in [1.82, 2.24) is 4.48 Å². The molecule has 0 aromatic carbocycles. The predicted molar refractivity (Wildman–Crippen MR) is 66.2 cm³/mol. The minimum atomic E-state index is -0.541. The monoisotopic (exact) mass is 235 g/mol. The van der Waals surface area contributed by atoms with Crippen molar-refractivity contribution in [2.45, 2.75) is 38.9 Å². The van der Waals surface area contributed by atoms with E-state index < -0.39 is 18.5 Å². The number of nitrogens with two attached hydrogens (primary N) is 1. The molecule has 1 aliphatic rings. The van der Waals surface area contributed by atoms with Crippen LogP contribution in [0.1, 0.15) is 27.7 Å². The summed E-state index contributed by atoms with van der Waals surface area (Å²) >= 11 is 0. The molecule has 0 unspecified atom stereocenters. The summed E-state index contributed by atoms with van der Waals surface area (Å²) in [7, 11) is -0.541. The molecule has 6 heteroatoms. The maximum Gasteiger partial charge on any atom is 0.599 e. The topological polar surface area (TPSA) is 73.3 Å². The molecule has 0 atom stereocenters.